The van der Waals surface area contributed by atoms with Crippen molar-refractivity contribution in [1.29, 1.82) is 0 Å². The van der Waals surface area contributed by atoms with Gasteiger partial charge in [0.25, 0.3) is 0 Å². The van der Waals surface area contributed by atoms with Gasteiger partial charge in [-0.1, -0.05) is 36.9 Å². The Hall–Kier alpha value is -1.94. The number of piperazine rings is 1. The number of amides is 1. The van der Waals surface area contributed by atoms with Crippen LogP contribution in [-0.2, 0) is 10.3 Å². The fourth-order valence-corrected chi connectivity index (χ4v) is 4.66. The molecule has 1 saturated heterocycles. The molecule has 2 aliphatic rings. The van der Waals surface area contributed by atoms with Gasteiger partial charge in [-0.3, -0.25) is 4.79 Å². The summed E-state index contributed by atoms with van der Waals surface area (Å²) in [6.45, 7) is 3.25. The van der Waals surface area contributed by atoms with E-state index in [1.165, 1.54) is 6.42 Å². The SMILES string of the molecule is O=C(N1CCN(c2cccc(Cl)c2)CC1)C1(n2cccc2)CCCCC1. The average Bonchev–Trinajstić information content (AvgIpc) is 3.23. The molecular formula is C21H26ClN3O. The highest BCUT2D eigenvalue weighted by molar-refractivity contribution is 6.30. The lowest BCUT2D eigenvalue weighted by atomic mass is 9.80. The molecule has 4 nitrogen and oxygen atoms in total. The number of hydrogen-bond donors (Lipinski definition) is 0. The van der Waals surface area contributed by atoms with Crippen LogP contribution in [0.3, 0.4) is 0 Å². The standard InChI is InChI=1S/C21H26ClN3O/c22-18-7-6-8-19(17-18)23-13-15-24(16-14-23)20(26)21(9-2-1-3-10-21)25-11-4-5-12-25/h4-8,11-12,17H,1-3,9-10,13-16H2. The number of halogens is 1. The van der Waals surface area contributed by atoms with Crippen LogP contribution in [0.4, 0.5) is 5.69 Å². The van der Waals surface area contributed by atoms with Crippen LogP contribution < -0.4 is 4.90 Å². The van der Waals surface area contributed by atoms with Gasteiger partial charge in [0.1, 0.15) is 5.54 Å². The van der Waals surface area contributed by atoms with Crippen LogP contribution in [0.1, 0.15) is 32.1 Å². The van der Waals surface area contributed by atoms with Gasteiger partial charge in [-0.15, -0.1) is 0 Å². The molecule has 4 rings (SSSR count). The fourth-order valence-electron chi connectivity index (χ4n) is 4.47. The molecule has 0 bridgehead atoms. The van der Waals surface area contributed by atoms with E-state index >= 15 is 0 Å². The Balaban J connectivity index is 1.48. The molecule has 1 aromatic heterocycles. The van der Waals surface area contributed by atoms with Gasteiger partial charge in [-0.05, 0) is 43.2 Å². The number of carbonyl (C=O) groups is 1. The average molecular weight is 372 g/mol. The molecule has 0 N–H and O–H groups in total. The van der Waals surface area contributed by atoms with E-state index in [0.29, 0.717) is 5.91 Å². The molecule has 26 heavy (non-hydrogen) atoms. The monoisotopic (exact) mass is 371 g/mol. The van der Waals surface area contributed by atoms with Crippen molar-refractivity contribution in [3.8, 4) is 0 Å². The highest BCUT2D eigenvalue weighted by Gasteiger charge is 2.43. The first kappa shape index (κ1) is 17.5. The van der Waals surface area contributed by atoms with Crippen LogP contribution in [0.25, 0.3) is 0 Å². The number of carbonyl (C=O) groups excluding carboxylic acids is 1. The van der Waals surface area contributed by atoms with E-state index in [1.807, 2.05) is 30.3 Å². The first-order valence-electron chi connectivity index (χ1n) is 9.62. The predicted molar refractivity (Wildman–Crippen MR) is 106 cm³/mol. The molecule has 138 valence electrons. The molecule has 1 aliphatic heterocycles. The van der Waals surface area contributed by atoms with Crippen LogP contribution in [0.15, 0.2) is 48.8 Å². The molecule has 0 atom stereocenters. The molecule has 5 heteroatoms. The van der Waals surface area contributed by atoms with Gasteiger partial charge in [-0.2, -0.15) is 0 Å². The van der Waals surface area contributed by atoms with Crippen molar-refractivity contribution in [2.24, 2.45) is 0 Å². The Labute approximate surface area is 160 Å². The smallest absolute Gasteiger partial charge is 0.248 e. The van der Waals surface area contributed by atoms with Crippen LogP contribution >= 0.6 is 11.6 Å². The lowest BCUT2D eigenvalue weighted by Crippen LogP contribution is -2.57. The number of anilines is 1. The number of benzene rings is 1. The molecule has 0 unspecified atom stereocenters. The Morgan fingerprint density at radius 1 is 0.923 bits per heavy atom. The zero-order valence-corrected chi connectivity index (χ0v) is 15.9. The van der Waals surface area contributed by atoms with E-state index in [2.05, 4.69) is 32.8 Å². The summed E-state index contributed by atoms with van der Waals surface area (Å²) in [6, 6.07) is 12.0. The van der Waals surface area contributed by atoms with Gasteiger partial charge in [0.2, 0.25) is 5.91 Å². The van der Waals surface area contributed by atoms with Crippen LogP contribution in [0.5, 0.6) is 0 Å². The Morgan fingerprint density at radius 2 is 1.62 bits per heavy atom. The van der Waals surface area contributed by atoms with Crippen molar-refractivity contribution in [2.45, 2.75) is 37.6 Å². The van der Waals surface area contributed by atoms with E-state index in [0.717, 1.165) is 62.6 Å². The van der Waals surface area contributed by atoms with Crippen molar-refractivity contribution >= 4 is 23.2 Å². The van der Waals surface area contributed by atoms with Gasteiger partial charge >= 0.3 is 0 Å². The van der Waals surface area contributed by atoms with Crippen LogP contribution in [-0.4, -0.2) is 41.6 Å². The van der Waals surface area contributed by atoms with E-state index in [-0.39, 0.29) is 5.54 Å². The first-order valence-corrected chi connectivity index (χ1v) is 10.0. The van der Waals surface area contributed by atoms with Gasteiger partial charge in [0, 0.05) is 49.3 Å². The number of hydrogen-bond acceptors (Lipinski definition) is 2. The molecule has 2 aromatic rings. The summed E-state index contributed by atoms with van der Waals surface area (Å²) in [7, 11) is 0. The molecule has 2 heterocycles. The van der Waals surface area contributed by atoms with Crippen LogP contribution in [0.2, 0.25) is 5.02 Å². The molecular weight excluding hydrogens is 346 g/mol. The van der Waals surface area contributed by atoms with E-state index in [9.17, 15) is 4.79 Å². The lowest BCUT2D eigenvalue weighted by Gasteiger charge is -2.44. The number of aromatic nitrogens is 1. The summed E-state index contributed by atoms with van der Waals surface area (Å²) in [5, 5.41) is 0.759. The maximum Gasteiger partial charge on any atom is 0.248 e. The van der Waals surface area contributed by atoms with Gasteiger partial charge in [0.05, 0.1) is 0 Å². The van der Waals surface area contributed by atoms with E-state index < -0.39 is 0 Å². The third-order valence-electron chi connectivity index (χ3n) is 5.92. The van der Waals surface area contributed by atoms with Gasteiger partial charge < -0.3 is 14.4 Å². The minimum Gasteiger partial charge on any atom is -0.368 e. The quantitative estimate of drug-likeness (QED) is 0.810. The number of rotatable bonds is 3. The van der Waals surface area contributed by atoms with Crippen molar-refractivity contribution in [2.75, 3.05) is 31.1 Å². The van der Waals surface area contributed by atoms with Crippen molar-refractivity contribution < 1.29 is 4.79 Å². The summed E-state index contributed by atoms with van der Waals surface area (Å²) in [5.74, 6) is 0.305. The zero-order chi connectivity index (χ0) is 18.0. The predicted octanol–water partition coefficient (Wildman–Crippen LogP) is 4.15. The Kier molecular flexibility index (Phi) is 4.94. The normalized spacial score (nSPS) is 20.2. The molecule has 1 saturated carbocycles. The molecule has 1 amide bonds. The van der Waals surface area contributed by atoms with Gasteiger partial charge in [-0.25, -0.2) is 0 Å². The lowest BCUT2D eigenvalue weighted by molar-refractivity contribution is -0.143. The third-order valence-corrected chi connectivity index (χ3v) is 6.15. The van der Waals surface area contributed by atoms with E-state index in [1.54, 1.807) is 0 Å². The van der Waals surface area contributed by atoms with Gasteiger partial charge in [0.15, 0.2) is 0 Å². The second-order valence-corrected chi connectivity index (χ2v) is 7.88. The maximum absolute atomic E-state index is 13.5. The number of nitrogens with zero attached hydrogens (tertiary/aromatic N) is 3. The van der Waals surface area contributed by atoms with Crippen LogP contribution in [0, 0.1) is 0 Å². The van der Waals surface area contributed by atoms with Crippen molar-refractivity contribution in [3.05, 3.63) is 53.8 Å². The van der Waals surface area contributed by atoms with E-state index in [4.69, 9.17) is 11.6 Å². The summed E-state index contributed by atoms with van der Waals surface area (Å²) < 4.78 is 2.16. The van der Waals surface area contributed by atoms with Crippen molar-refractivity contribution in [3.63, 3.8) is 0 Å². The molecule has 0 spiro atoms. The third kappa shape index (κ3) is 3.23. The summed E-state index contributed by atoms with van der Waals surface area (Å²) >= 11 is 6.13. The van der Waals surface area contributed by atoms with Crippen molar-refractivity contribution in [1.82, 2.24) is 9.47 Å². The second-order valence-electron chi connectivity index (χ2n) is 7.44. The topological polar surface area (TPSA) is 28.5 Å². The minimum absolute atomic E-state index is 0.305. The summed E-state index contributed by atoms with van der Waals surface area (Å²) in [6.07, 6.45) is 9.53. The molecule has 2 fully saturated rings. The summed E-state index contributed by atoms with van der Waals surface area (Å²) in [4.78, 5) is 17.9. The maximum atomic E-state index is 13.5. The Morgan fingerprint density at radius 3 is 2.27 bits per heavy atom. The fraction of sp³-hybridized carbons (Fsp3) is 0.476. The zero-order valence-electron chi connectivity index (χ0n) is 15.1. The molecule has 1 aliphatic carbocycles. The largest absolute Gasteiger partial charge is 0.368 e. The summed E-state index contributed by atoms with van der Waals surface area (Å²) in [5.41, 5.74) is 0.766. The first-order chi connectivity index (χ1) is 12.7. The molecule has 1 aromatic carbocycles. The second kappa shape index (κ2) is 7.36. The highest BCUT2D eigenvalue weighted by Crippen LogP contribution is 2.37. The minimum atomic E-state index is -0.375. The highest BCUT2D eigenvalue weighted by atomic mass is 35.5. The Bertz CT molecular complexity index is 744. The molecule has 0 radical (unpaired) electrons.